The van der Waals surface area contributed by atoms with Gasteiger partial charge in [0.15, 0.2) is 0 Å². The van der Waals surface area contributed by atoms with Gasteiger partial charge in [0, 0.05) is 34.6 Å². The van der Waals surface area contributed by atoms with Crippen LogP contribution in [-0.4, -0.2) is 37.2 Å². The highest BCUT2D eigenvalue weighted by molar-refractivity contribution is 6.15. The van der Waals surface area contributed by atoms with Crippen LogP contribution < -0.4 is 10.3 Å². The molecule has 4 rings (SSSR count). The molecule has 4 heteroatoms. The molecule has 0 saturated heterocycles. The maximum Gasteiger partial charge on any atom is 0.258 e. The molecule has 0 aliphatic carbocycles. The van der Waals surface area contributed by atoms with Gasteiger partial charge in [0.05, 0.1) is 12.6 Å². The largest absolute Gasteiger partial charge is 0.497 e. The summed E-state index contributed by atoms with van der Waals surface area (Å²) >= 11 is 0. The Labute approximate surface area is 152 Å². The Morgan fingerprint density at radius 3 is 2.46 bits per heavy atom. The van der Waals surface area contributed by atoms with Gasteiger partial charge in [0.25, 0.3) is 5.56 Å². The molecule has 4 nitrogen and oxygen atoms in total. The number of hydrogen-bond donors (Lipinski definition) is 0. The third-order valence-electron chi connectivity index (χ3n) is 4.93. The molecule has 1 heterocycles. The lowest BCUT2D eigenvalue weighted by atomic mass is 10.0. The number of likely N-dealkylation sites (N-methyl/N-ethyl adjacent to an activating group) is 1. The van der Waals surface area contributed by atoms with Crippen molar-refractivity contribution in [3.8, 4) is 5.75 Å². The van der Waals surface area contributed by atoms with Gasteiger partial charge in [-0.3, -0.25) is 4.79 Å². The van der Waals surface area contributed by atoms with Gasteiger partial charge in [-0.05, 0) is 37.7 Å². The monoisotopic (exact) mass is 346 g/mol. The standard InChI is InChI=1S/C22H22N2O2/c1-23(2)12-13-24-21-17-7-5-4-6-15(17)8-10-18(21)20-14-16(26-3)9-11-19(20)22(24)25/h4-11,14H,12-13H2,1-3H3. The van der Waals surface area contributed by atoms with E-state index in [0.29, 0.717) is 6.54 Å². The van der Waals surface area contributed by atoms with Gasteiger partial charge in [-0.25, -0.2) is 0 Å². The van der Waals surface area contributed by atoms with Crippen molar-refractivity contribution in [2.75, 3.05) is 27.7 Å². The maximum absolute atomic E-state index is 13.3. The van der Waals surface area contributed by atoms with Crippen LogP contribution in [0.5, 0.6) is 5.75 Å². The average molecular weight is 346 g/mol. The quantitative estimate of drug-likeness (QED) is 0.526. The van der Waals surface area contributed by atoms with Crippen LogP contribution in [0.25, 0.3) is 32.4 Å². The molecule has 26 heavy (non-hydrogen) atoms. The Bertz CT molecular complexity index is 1180. The summed E-state index contributed by atoms with van der Waals surface area (Å²) in [5.74, 6) is 0.761. The fourth-order valence-corrected chi connectivity index (χ4v) is 3.58. The molecule has 3 aromatic carbocycles. The van der Waals surface area contributed by atoms with E-state index in [1.54, 1.807) is 7.11 Å². The van der Waals surface area contributed by atoms with E-state index in [9.17, 15) is 4.79 Å². The van der Waals surface area contributed by atoms with Crippen molar-refractivity contribution in [3.63, 3.8) is 0 Å². The molecule has 1 aromatic heterocycles. The molecule has 0 unspecified atom stereocenters. The smallest absolute Gasteiger partial charge is 0.258 e. The first kappa shape index (κ1) is 16.6. The second-order valence-corrected chi connectivity index (χ2v) is 6.85. The summed E-state index contributed by atoms with van der Waals surface area (Å²) in [5, 5.41) is 4.99. The topological polar surface area (TPSA) is 34.5 Å². The summed E-state index contributed by atoms with van der Waals surface area (Å²) in [5.41, 5.74) is 1.05. The molecule has 0 radical (unpaired) electrons. The van der Waals surface area contributed by atoms with Crippen LogP contribution >= 0.6 is 0 Å². The molecule has 132 valence electrons. The second kappa shape index (κ2) is 6.46. The lowest BCUT2D eigenvalue weighted by Crippen LogP contribution is -2.27. The second-order valence-electron chi connectivity index (χ2n) is 6.85. The molecule has 0 atom stereocenters. The van der Waals surface area contributed by atoms with Crippen LogP contribution in [0.3, 0.4) is 0 Å². The minimum atomic E-state index is 0.0494. The SMILES string of the molecule is COc1ccc2c(=O)n(CCN(C)C)c3c4ccccc4ccc3c2c1. The molecular weight excluding hydrogens is 324 g/mol. The van der Waals surface area contributed by atoms with Crippen molar-refractivity contribution in [2.24, 2.45) is 0 Å². The van der Waals surface area contributed by atoms with Gasteiger partial charge in [0.1, 0.15) is 5.75 Å². The Hall–Kier alpha value is -2.85. The van der Waals surface area contributed by atoms with Crippen LogP contribution in [0.4, 0.5) is 0 Å². The fourth-order valence-electron chi connectivity index (χ4n) is 3.58. The Morgan fingerprint density at radius 2 is 1.69 bits per heavy atom. The number of pyridine rings is 1. The number of methoxy groups -OCH3 is 1. The number of benzene rings is 3. The Balaban J connectivity index is 2.19. The zero-order valence-electron chi connectivity index (χ0n) is 15.3. The maximum atomic E-state index is 13.3. The van der Waals surface area contributed by atoms with E-state index < -0.39 is 0 Å². The molecule has 0 spiro atoms. The van der Waals surface area contributed by atoms with E-state index in [-0.39, 0.29) is 5.56 Å². The highest BCUT2D eigenvalue weighted by atomic mass is 16.5. The zero-order valence-corrected chi connectivity index (χ0v) is 15.3. The Morgan fingerprint density at radius 1 is 0.923 bits per heavy atom. The van der Waals surface area contributed by atoms with Gasteiger partial charge in [0.2, 0.25) is 0 Å². The number of fused-ring (bicyclic) bond motifs is 5. The highest BCUT2D eigenvalue weighted by Crippen LogP contribution is 2.31. The number of hydrogen-bond acceptors (Lipinski definition) is 3. The summed E-state index contributed by atoms with van der Waals surface area (Å²) < 4.78 is 7.32. The normalized spacial score (nSPS) is 11.7. The summed E-state index contributed by atoms with van der Waals surface area (Å²) in [6.07, 6.45) is 0. The summed E-state index contributed by atoms with van der Waals surface area (Å²) in [4.78, 5) is 15.4. The average Bonchev–Trinajstić information content (AvgIpc) is 2.66. The van der Waals surface area contributed by atoms with Gasteiger partial charge < -0.3 is 14.2 Å². The van der Waals surface area contributed by atoms with Crippen LogP contribution in [-0.2, 0) is 6.54 Å². The van der Waals surface area contributed by atoms with Crippen molar-refractivity contribution in [1.82, 2.24) is 9.47 Å². The van der Waals surface area contributed by atoms with E-state index in [1.807, 2.05) is 49.0 Å². The first-order valence-corrected chi connectivity index (χ1v) is 8.77. The zero-order chi connectivity index (χ0) is 18.3. The van der Waals surface area contributed by atoms with Crippen molar-refractivity contribution >= 4 is 32.4 Å². The third kappa shape index (κ3) is 2.63. The summed E-state index contributed by atoms with van der Waals surface area (Å²) in [7, 11) is 5.70. The molecule has 0 amide bonds. The predicted molar refractivity (Wildman–Crippen MR) is 108 cm³/mol. The number of nitrogens with zero attached hydrogens (tertiary/aromatic N) is 2. The van der Waals surface area contributed by atoms with E-state index in [1.165, 1.54) is 0 Å². The van der Waals surface area contributed by atoms with Gasteiger partial charge in [-0.15, -0.1) is 0 Å². The number of rotatable bonds is 4. The van der Waals surface area contributed by atoms with E-state index in [2.05, 4.69) is 29.2 Å². The molecule has 0 fully saturated rings. The van der Waals surface area contributed by atoms with Crippen LogP contribution in [0.1, 0.15) is 0 Å². The molecule has 4 aromatic rings. The molecular formula is C22H22N2O2. The first-order chi connectivity index (χ1) is 12.6. The first-order valence-electron chi connectivity index (χ1n) is 8.77. The minimum absolute atomic E-state index is 0.0494. The van der Waals surface area contributed by atoms with Gasteiger partial charge in [-0.1, -0.05) is 36.4 Å². The lowest BCUT2D eigenvalue weighted by Gasteiger charge is -2.17. The predicted octanol–water partition coefficient (Wildman–Crippen LogP) is 3.88. The van der Waals surface area contributed by atoms with Gasteiger partial charge in [-0.2, -0.15) is 0 Å². The lowest BCUT2D eigenvalue weighted by molar-refractivity contribution is 0.385. The summed E-state index contributed by atoms with van der Waals surface area (Å²) in [6, 6.07) is 18.2. The third-order valence-corrected chi connectivity index (χ3v) is 4.93. The van der Waals surface area contributed by atoms with Gasteiger partial charge >= 0.3 is 0 Å². The van der Waals surface area contributed by atoms with Crippen LogP contribution in [0, 0.1) is 0 Å². The molecule has 0 saturated carbocycles. The van der Waals surface area contributed by atoms with Crippen molar-refractivity contribution in [3.05, 3.63) is 65.0 Å². The molecule has 0 bridgehead atoms. The highest BCUT2D eigenvalue weighted by Gasteiger charge is 2.14. The number of ether oxygens (including phenoxy) is 1. The van der Waals surface area contributed by atoms with E-state index >= 15 is 0 Å². The fraction of sp³-hybridized carbons (Fsp3) is 0.227. The van der Waals surface area contributed by atoms with Crippen molar-refractivity contribution < 1.29 is 4.74 Å². The number of aromatic nitrogens is 1. The van der Waals surface area contributed by atoms with Crippen molar-refractivity contribution in [1.29, 1.82) is 0 Å². The van der Waals surface area contributed by atoms with Crippen LogP contribution in [0.15, 0.2) is 59.4 Å². The minimum Gasteiger partial charge on any atom is -0.497 e. The molecule has 0 aliphatic heterocycles. The van der Waals surface area contributed by atoms with Crippen molar-refractivity contribution in [2.45, 2.75) is 6.54 Å². The van der Waals surface area contributed by atoms with Crippen LogP contribution in [0.2, 0.25) is 0 Å². The molecule has 0 aliphatic rings. The Kier molecular flexibility index (Phi) is 4.13. The summed E-state index contributed by atoms with van der Waals surface area (Å²) in [6.45, 7) is 1.46. The van der Waals surface area contributed by atoms with E-state index in [0.717, 1.165) is 44.7 Å². The van der Waals surface area contributed by atoms with E-state index in [4.69, 9.17) is 4.74 Å². The molecule has 0 N–H and O–H groups in total.